The molecule has 0 aromatic heterocycles. The van der Waals surface area contributed by atoms with Crippen molar-refractivity contribution in [2.45, 2.75) is 0 Å². The Morgan fingerprint density at radius 2 is 2.07 bits per heavy atom. The molecule has 0 saturated heterocycles. The fourth-order valence-electron chi connectivity index (χ4n) is 1.10. The molecule has 1 N–H and O–H groups in total. The van der Waals surface area contributed by atoms with E-state index in [1.54, 1.807) is 13.1 Å². The van der Waals surface area contributed by atoms with Crippen LogP contribution in [-0.2, 0) is 4.74 Å². The van der Waals surface area contributed by atoms with Crippen molar-refractivity contribution >= 4 is 34.9 Å². The highest BCUT2D eigenvalue weighted by molar-refractivity contribution is 6.37. The molecule has 0 fully saturated rings. The molecular formula is C9H9Cl2NO2. The van der Waals surface area contributed by atoms with E-state index in [0.717, 1.165) is 0 Å². The molecule has 0 bridgehead atoms. The van der Waals surface area contributed by atoms with Gasteiger partial charge in [0, 0.05) is 12.1 Å². The van der Waals surface area contributed by atoms with Gasteiger partial charge in [0.25, 0.3) is 0 Å². The van der Waals surface area contributed by atoms with Gasteiger partial charge in [0.1, 0.15) is 0 Å². The van der Waals surface area contributed by atoms with Crippen LogP contribution in [0.2, 0.25) is 10.0 Å². The van der Waals surface area contributed by atoms with Crippen LogP contribution in [-0.4, -0.2) is 20.1 Å². The Morgan fingerprint density at radius 1 is 1.43 bits per heavy atom. The number of anilines is 1. The van der Waals surface area contributed by atoms with E-state index in [1.165, 1.54) is 13.2 Å². The lowest BCUT2D eigenvalue weighted by molar-refractivity contribution is 0.0602. The first kappa shape index (κ1) is 11.1. The number of ether oxygens (including phenoxy) is 1. The Labute approximate surface area is 92.0 Å². The number of carbonyl (C=O) groups is 1. The van der Waals surface area contributed by atoms with Crippen molar-refractivity contribution in [3.05, 3.63) is 27.7 Å². The molecule has 0 amide bonds. The summed E-state index contributed by atoms with van der Waals surface area (Å²) in [6.07, 6.45) is 0. The van der Waals surface area contributed by atoms with Crippen LogP contribution in [0.15, 0.2) is 12.1 Å². The van der Waals surface area contributed by atoms with E-state index in [9.17, 15) is 4.79 Å². The first-order valence-corrected chi connectivity index (χ1v) is 4.61. The molecule has 0 saturated carbocycles. The van der Waals surface area contributed by atoms with Gasteiger partial charge in [-0.15, -0.1) is 0 Å². The molecule has 0 aliphatic carbocycles. The van der Waals surface area contributed by atoms with Crippen LogP contribution in [0, 0.1) is 0 Å². The van der Waals surface area contributed by atoms with Gasteiger partial charge < -0.3 is 10.1 Å². The Morgan fingerprint density at radius 3 is 2.57 bits per heavy atom. The molecule has 0 aliphatic rings. The second kappa shape index (κ2) is 4.53. The number of carbonyl (C=O) groups excluding carboxylic acids is 1. The highest BCUT2D eigenvalue weighted by Gasteiger charge is 2.14. The standard InChI is InChI=1S/C9H9Cl2NO2/c1-12-8-6(9(13)14-2)3-5(10)4-7(8)11/h3-4,12H,1-2H3. The SMILES string of the molecule is CNc1c(Cl)cc(Cl)cc1C(=O)OC. The normalized spacial score (nSPS) is 9.71. The van der Waals surface area contributed by atoms with Crippen LogP contribution in [0.25, 0.3) is 0 Å². The first-order chi connectivity index (χ1) is 6.60. The number of rotatable bonds is 2. The molecule has 14 heavy (non-hydrogen) atoms. The summed E-state index contributed by atoms with van der Waals surface area (Å²) in [6.45, 7) is 0. The lowest BCUT2D eigenvalue weighted by Crippen LogP contribution is -2.06. The van der Waals surface area contributed by atoms with Crippen molar-refractivity contribution in [3.63, 3.8) is 0 Å². The highest BCUT2D eigenvalue weighted by atomic mass is 35.5. The molecule has 0 atom stereocenters. The van der Waals surface area contributed by atoms with Gasteiger partial charge in [0.2, 0.25) is 0 Å². The van der Waals surface area contributed by atoms with Gasteiger partial charge in [-0.2, -0.15) is 0 Å². The summed E-state index contributed by atoms with van der Waals surface area (Å²) in [5, 5.41) is 3.60. The number of hydrogen-bond donors (Lipinski definition) is 1. The molecule has 76 valence electrons. The fraction of sp³-hybridized carbons (Fsp3) is 0.222. The predicted molar refractivity (Wildman–Crippen MR) is 57.3 cm³/mol. The molecule has 1 rings (SSSR count). The average Bonchev–Trinajstić information content (AvgIpc) is 2.15. The molecule has 0 unspecified atom stereocenters. The molecule has 0 spiro atoms. The predicted octanol–water partition coefficient (Wildman–Crippen LogP) is 2.82. The highest BCUT2D eigenvalue weighted by Crippen LogP contribution is 2.30. The van der Waals surface area contributed by atoms with E-state index in [0.29, 0.717) is 21.3 Å². The van der Waals surface area contributed by atoms with Crippen molar-refractivity contribution in [2.24, 2.45) is 0 Å². The van der Waals surface area contributed by atoms with Gasteiger partial charge in [-0.25, -0.2) is 4.79 Å². The fourth-order valence-corrected chi connectivity index (χ4v) is 1.69. The van der Waals surface area contributed by atoms with Crippen LogP contribution in [0.5, 0.6) is 0 Å². The summed E-state index contributed by atoms with van der Waals surface area (Å²) in [5.41, 5.74) is 0.843. The van der Waals surface area contributed by atoms with Gasteiger partial charge in [0.15, 0.2) is 0 Å². The van der Waals surface area contributed by atoms with Crippen molar-refractivity contribution in [1.29, 1.82) is 0 Å². The van der Waals surface area contributed by atoms with E-state index in [4.69, 9.17) is 23.2 Å². The minimum absolute atomic E-state index is 0.326. The zero-order valence-corrected chi connectivity index (χ0v) is 9.24. The molecule has 1 aromatic carbocycles. The number of halogens is 2. The minimum atomic E-state index is -0.473. The summed E-state index contributed by atoms with van der Waals surface area (Å²) < 4.78 is 4.59. The van der Waals surface area contributed by atoms with Crippen LogP contribution < -0.4 is 5.32 Å². The number of hydrogen-bond acceptors (Lipinski definition) is 3. The third-order valence-electron chi connectivity index (χ3n) is 1.71. The second-order valence-corrected chi connectivity index (χ2v) is 3.40. The Kier molecular flexibility index (Phi) is 3.61. The quantitative estimate of drug-likeness (QED) is 0.799. The summed E-state index contributed by atoms with van der Waals surface area (Å²) in [4.78, 5) is 11.3. The first-order valence-electron chi connectivity index (χ1n) is 3.85. The van der Waals surface area contributed by atoms with Gasteiger partial charge in [-0.1, -0.05) is 23.2 Å². The van der Waals surface area contributed by atoms with E-state index >= 15 is 0 Å². The third-order valence-corrected chi connectivity index (χ3v) is 2.23. The van der Waals surface area contributed by atoms with Crippen molar-refractivity contribution < 1.29 is 9.53 Å². The Balaban J connectivity index is 3.32. The molecule has 0 heterocycles. The molecule has 0 radical (unpaired) electrons. The van der Waals surface area contributed by atoms with Crippen LogP contribution in [0.3, 0.4) is 0 Å². The van der Waals surface area contributed by atoms with E-state index in [2.05, 4.69) is 10.1 Å². The lowest BCUT2D eigenvalue weighted by Gasteiger charge is -2.09. The summed E-state index contributed by atoms with van der Waals surface area (Å²) in [5.74, 6) is -0.473. The van der Waals surface area contributed by atoms with Crippen molar-refractivity contribution in [1.82, 2.24) is 0 Å². The van der Waals surface area contributed by atoms with E-state index in [-0.39, 0.29) is 0 Å². The Hall–Kier alpha value is -0.930. The van der Waals surface area contributed by atoms with E-state index < -0.39 is 5.97 Å². The van der Waals surface area contributed by atoms with Crippen LogP contribution in [0.4, 0.5) is 5.69 Å². The van der Waals surface area contributed by atoms with Gasteiger partial charge in [0.05, 0.1) is 23.4 Å². The maximum absolute atomic E-state index is 11.3. The monoisotopic (exact) mass is 233 g/mol. The molecule has 5 heteroatoms. The number of benzene rings is 1. The molecule has 3 nitrogen and oxygen atoms in total. The van der Waals surface area contributed by atoms with Crippen molar-refractivity contribution in [3.8, 4) is 0 Å². The molecule has 0 aliphatic heterocycles. The Bertz CT molecular complexity index is 366. The lowest BCUT2D eigenvalue weighted by atomic mass is 10.2. The minimum Gasteiger partial charge on any atom is -0.465 e. The number of methoxy groups -OCH3 is 1. The molecule has 1 aromatic rings. The van der Waals surface area contributed by atoms with Gasteiger partial charge >= 0.3 is 5.97 Å². The zero-order chi connectivity index (χ0) is 10.7. The zero-order valence-electron chi connectivity index (χ0n) is 7.73. The number of esters is 1. The van der Waals surface area contributed by atoms with Crippen LogP contribution in [0.1, 0.15) is 10.4 Å². The van der Waals surface area contributed by atoms with Gasteiger partial charge in [-0.05, 0) is 12.1 Å². The molecular weight excluding hydrogens is 225 g/mol. The maximum atomic E-state index is 11.3. The van der Waals surface area contributed by atoms with Crippen LogP contribution >= 0.6 is 23.2 Å². The van der Waals surface area contributed by atoms with E-state index in [1.807, 2.05) is 0 Å². The summed E-state index contributed by atoms with van der Waals surface area (Å²) in [7, 11) is 2.97. The second-order valence-electron chi connectivity index (χ2n) is 2.55. The number of nitrogens with one attached hydrogen (secondary N) is 1. The largest absolute Gasteiger partial charge is 0.465 e. The summed E-state index contributed by atoms with van der Waals surface area (Å²) in [6, 6.07) is 3.06. The smallest absolute Gasteiger partial charge is 0.340 e. The summed E-state index contributed by atoms with van der Waals surface area (Å²) >= 11 is 11.6. The average molecular weight is 234 g/mol. The third kappa shape index (κ3) is 2.11. The maximum Gasteiger partial charge on any atom is 0.340 e. The van der Waals surface area contributed by atoms with Gasteiger partial charge in [-0.3, -0.25) is 0 Å². The topological polar surface area (TPSA) is 38.3 Å². The van der Waals surface area contributed by atoms with Crippen molar-refractivity contribution in [2.75, 3.05) is 19.5 Å².